The van der Waals surface area contributed by atoms with Crippen LogP contribution in [0.25, 0.3) is 0 Å². The van der Waals surface area contributed by atoms with Gasteiger partial charge in [-0.25, -0.2) is 0 Å². The number of likely N-dealkylation sites (tertiary alicyclic amines) is 1. The maximum atomic E-state index is 12.8. The van der Waals surface area contributed by atoms with Crippen LogP contribution >= 0.6 is 0 Å². The Morgan fingerprint density at radius 2 is 1.92 bits per heavy atom. The number of piperazine rings is 1. The molecule has 0 radical (unpaired) electrons. The molecule has 0 spiro atoms. The lowest BCUT2D eigenvalue weighted by molar-refractivity contribution is -0.144. The highest BCUT2D eigenvalue weighted by molar-refractivity contribution is 5.80. The number of hydrogen-bond donors (Lipinski definition) is 1. The molecule has 0 bridgehead atoms. The largest absolute Gasteiger partial charge is 0.496 e. The van der Waals surface area contributed by atoms with E-state index in [-0.39, 0.29) is 11.8 Å². The van der Waals surface area contributed by atoms with Crippen molar-refractivity contribution >= 4 is 5.91 Å². The van der Waals surface area contributed by atoms with Crippen LogP contribution < -0.4 is 4.74 Å². The lowest BCUT2D eigenvalue weighted by Crippen LogP contribution is -2.54. The van der Waals surface area contributed by atoms with Crippen LogP contribution in [-0.4, -0.2) is 85.2 Å². The van der Waals surface area contributed by atoms with E-state index < -0.39 is 6.10 Å². The number of rotatable bonds is 4. The van der Waals surface area contributed by atoms with Crippen molar-refractivity contribution in [3.63, 3.8) is 0 Å². The third kappa shape index (κ3) is 4.32. The van der Waals surface area contributed by atoms with Crippen LogP contribution in [0.4, 0.5) is 0 Å². The van der Waals surface area contributed by atoms with E-state index in [2.05, 4.69) is 15.9 Å². The van der Waals surface area contributed by atoms with Gasteiger partial charge in [-0.1, -0.05) is 18.2 Å². The van der Waals surface area contributed by atoms with Crippen LogP contribution in [0.1, 0.15) is 12.0 Å². The molecule has 1 amide bonds. The molecule has 1 N–H and O–H groups in total. The smallest absolute Gasteiger partial charge is 0.229 e. The number of nitrogens with zero attached hydrogens (tertiary/aromatic N) is 3. The Kier molecular flexibility index (Phi) is 5.93. The van der Waals surface area contributed by atoms with Crippen LogP contribution in [0, 0.1) is 5.92 Å². The molecule has 0 aliphatic carbocycles. The van der Waals surface area contributed by atoms with E-state index in [0.29, 0.717) is 13.0 Å². The Labute approximate surface area is 150 Å². The van der Waals surface area contributed by atoms with Gasteiger partial charge in [0.25, 0.3) is 0 Å². The zero-order chi connectivity index (χ0) is 17.8. The summed E-state index contributed by atoms with van der Waals surface area (Å²) < 4.78 is 5.42. The topological polar surface area (TPSA) is 56.2 Å². The molecule has 6 nitrogen and oxygen atoms in total. The van der Waals surface area contributed by atoms with Crippen molar-refractivity contribution in [1.29, 1.82) is 0 Å². The van der Waals surface area contributed by atoms with Crippen LogP contribution in [0.5, 0.6) is 5.75 Å². The summed E-state index contributed by atoms with van der Waals surface area (Å²) in [6.07, 6.45) is 0.177. The van der Waals surface area contributed by atoms with Gasteiger partial charge in [-0.05, 0) is 19.5 Å². The number of hydrogen-bond acceptors (Lipinski definition) is 5. The van der Waals surface area contributed by atoms with Crippen molar-refractivity contribution < 1.29 is 14.6 Å². The molecule has 0 unspecified atom stereocenters. The van der Waals surface area contributed by atoms with E-state index in [9.17, 15) is 9.90 Å². The maximum Gasteiger partial charge on any atom is 0.229 e. The summed E-state index contributed by atoms with van der Waals surface area (Å²) in [5.41, 5.74) is 1.18. The van der Waals surface area contributed by atoms with E-state index in [1.807, 2.05) is 30.1 Å². The number of benzene rings is 1. The highest BCUT2D eigenvalue weighted by atomic mass is 16.5. The molecule has 2 fully saturated rings. The first kappa shape index (κ1) is 18.2. The monoisotopic (exact) mass is 347 g/mol. The highest BCUT2D eigenvalue weighted by Gasteiger charge is 2.35. The summed E-state index contributed by atoms with van der Waals surface area (Å²) >= 11 is 0. The zero-order valence-corrected chi connectivity index (χ0v) is 15.2. The van der Waals surface area contributed by atoms with E-state index >= 15 is 0 Å². The molecule has 3 rings (SSSR count). The second-order valence-electron chi connectivity index (χ2n) is 7.14. The number of aliphatic hydroxyl groups is 1. The van der Waals surface area contributed by atoms with Crippen molar-refractivity contribution in [3.05, 3.63) is 29.8 Å². The minimum absolute atomic E-state index is 0.107. The average Bonchev–Trinajstić information content (AvgIpc) is 2.64. The van der Waals surface area contributed by atoms with E-state index in [1.165, 1.54) is 5.56 Å². The Morgan fingerprint density at radius 3 is 2.64 bits per heavy atom. The number of ether oxygens (including phenoxy) is 1. The van der Waals surface area contributed by atoms with Gasteiger partial charge in [0, 0.05) is 51.4 Å². The number of aliphatic hydroxyl groups excluding tert-OH is 1. The lowest BCUT2D eigenvalue weighted by Gasteiger charge is -2.40. The first-order valence-corrected chi connectivity index (χ1v) is 9.08. The summed E-state index contributed by atoms with van der Waals surface area (Å²) in [7, 11) is 3.71. The number of carbonyl (C=O) groups excluding carboxylic acids is 1. The molecule has 2 saturated heterocycles. The third-order valence-corrected chi connectivity index (χ3v) is 5.37. The molecular weight excluding hydrogens is 318 g/mol. The molecule has 0 saturated carbocycles. The fourth-order valence-electron chi connectivity index (χ4n) is 3.78. The standard InChI is InChI=1S/C19H29N3O3/c1-20-8-7-17(23)16(14-20)19(24)22-11-9-21(10-12-22)13-15-5-3-4-6-18(15)25-2/h3-6,16-17,23H,7-14H2,1-2H3/t16-,17-/m1/s1. The summed E-state index contributed by atoms with van der Waals surface area (Å²) in [6, 6.07) is 8.07. The number of piperidine rings is 1. The summed E-state index contributed by atoms with van der Waals surface area (Å²) in [4.78, 5) is 19.2. The number of para-hydroxylation sites is 1. The fourth-order valence-corrected chi connectivity index (χ4v) is 3.78. The van der Waals surface area contributed by atoms with Gasteiger partial charge in [0.05, 0.1) is 19.1 Å². The van der Waals surface area contributed by atoms with Gasteiger partial charge in [0.1, 0.15) is 5.75 Å². The second kappa shape index (κ2) is 8.17. The van der Waals surface area contributed by atoms with Gasteiger partial charge in [0.2, 0.25) is 5.91 Å². The predicted molar refractivity (Wildman–Crippen MR) is 96.5 cm³/mol. The van der Waals surface area contributed by atoms with Crippen molar-refractivity contribution in [2.75, 3.05) is 53.4 Å². The van der Waals surface area contributed by atoms with Gasteiger partial charge in [-0.15, -0.1) is 0 Å². The molecule has 2 aliphatic heterocycles. The van der Waals surface area contributed by atoms with Crippen molar-refractivity contribution in [1.82, 2.24) is 14.7 Å². The van der Waals surface area contributed by atoms with Gasteiger partial charge < -0.3 is 19.6 Å². The molecule has 2 aliphatic rings. The molecule has 2 heterocycles. The Morgan fingerprint density at radius 1 is 1.20 bits per heavy atom. The van der Waals surface area contributed by atoms with Crippen molar-refractivity contribution in [2.45, 2.75) is 19.1 Å². The summed E-state index contributed by atoms with van der Waals surface area (Å²) in [5, 5.41) is 10.2. The number of carbonyl (C=O) groups is 1. The maximum absolute atomic E-state index is 12.8. The zero-order valence-electron chi connectivity index (χ0n) is 15.2. The minimum Gasteiger partial charge on any atom is -0.496 e. The lowest BCUT2D eigenvalue weighted by atomic mass is 9.93. The van der Waals surface area contributed by atoms with Crippen LogP contribution in [0.3, 0.4) is 0 Å². The molecule has 1 aromatic rings. The SMILES string of the molecule is COc1ccccc1CN1CCN(C(=O)[C@@H]2CN(C)CC[C@H]2O)CC1. The average molecular weight is 347 g/mol. The van der Waals surface area contributed by atoms with E-state index in [4.69, 9.17) is 4.74 Å². The number of methoxy groups -OCH3 is 1. The number of amides is 1. The molecule has 2 atom stereocenters. The predicted octanol–water partition coefficient (Wildman–Crippen LogP) is 0.652. The van der Waals surface area contributed by atoms with Crippen LogP contribution in [0.15, 0.2) is 24.3 Å². The third-order valence-electron chi connectivity index (χ3n) is 5.37. The minimum atomic E-state index is -0.504. The molecule has 6 heteroatoms. The molecule has 0 aromatic heterocycles. The molecule has 1 aromatic carbocycles. The Bertz CT molecular complexity index is 587. The quantitative estimate of drug-likeness (QED) is 0.867. The molecule has 138 valence electrons. The molecular formula is C19H29N3O3. The Hall–Kier alpha value is -1.63. The van der Waals surface area contributed by atoms with E-state index in [0.717, 1.165) is 45.0 Å². The Balaban J connectivity index is 1.54. The van der Waals surface area contributed by atoms with E-state index in [1.54, 1.807) is 7.11 Å². The highest BCUT2D eigenvalue weighted by Crippen LogP contribution is 2.22. The fraction of sp³-hybridized carbons (Fsp3) is 0.632. The second-order valence-corrected chi connectivity index (χ2v) is 7.14. The normalized spacial score (nSPS) is 25.8. The van der Waals surface area contributed by atoms with Crippen molar-refractivity contribution in [3.8, 4) is 5.75 Å². The van der Waals surface area contributed by atoms with Crippen LogP contribution in [0.2, 0.25) is 0 Å². The van der Waals surface area contributed by atoms with Gasteiger partial charge in [-0.2, -0.15) is 0 Å². The summed E-state index contributed by atoms with van der Waals surface area (Å²) in [6.45, 7) is 5.49. The molecule has 25 heavy (non-hydrogen) atoms. The first-order valence-electron chi connectivity index (χ1n) is 9.08. The van der Waals surface area contributed by atoms with Gasteiger partial charge >= 0.3 is 0 Å². The van der Waals surface area contributed by atoms with Crippen molar-refractivity contribution in [2.24, 2.45) is 5.92 Å². The summed E-state index contributed by atoms with van der Waals surface area (Å²) in [5.74, 6) is 0.741. The van der Waals surface area contributed by atoms with Gasteiger partial charge in [-0.3, -0.25) is 9.69 Å². The first-order chi connectivity index (χ1) is 12.1. The van der Waals surface area contributed by atoms with Crippen LogP contribution in [-0.2, 0) is 11.3 Å². The van der Waals surface area contributed by atoms with Gasteiger partial charge in [0.15, 0.2) is 0 Å².